The van der Waals surface area contributed by atoms with E-state index in [-0.39, 0.29) is 11.5 Å². The first kappa shape index (κ1) is 36.0. The van der Waals surface area contributed by atoms with E-state index in [0.29, 0.717) is 37.8 Å². The highest BCUT2D eigenvalue weighted by molar-refractivity contribution is 7.91. The predicted molar refractivity (Wildman–Crippen MR) is 159 cm³/mol. The van der Waals surface area contributed by atoms with E-state index in [1.807, 2.05) is 7.05 Å². The van der Waals surface area contributed by atoms with Crippen molar-refractivity contribution in [3.63, 3.8) is 0 Å². The summed E-state index contributed by atoms with van der Waals surface area (Å²) >= 11 is -1.45. The lowest BCUT2D eigenvalue weighted by Crippen LogP contribution is -2.36. The van der Waals surface area contributed by atoms with Crippen LogP contribution in [0.3, 0.4) is 0 Å². The van der Waals surface area contributed by atoms with Crippen LogP contribution >= 0.6 is 0 Å². The van der Waals surface area contributed by atoms with E-state index < -0.39 is 59.2 Å². The second-order valence-corrected chi connectivity index (χ2v) is 13.1. The molecule has 1 atom stereocenters. The molecule has 0 spiro atoms. The fourth-order valence-corrected chi connectivity index (χ4v) is 6.63. The van der Waals surface area contributed by atoms with Gasteiger partial charge in [0.15, 0.2) is 23.1 Å². The first-order chi connectivity index (χ1) is 20.7. The molecule has 0 amide bonds. The van der Waals surface area contributed by atoms with Gasteiger partial charge in [-0.3, -0.25) is 0 Å². The Morgan fingerprint density at radius 2 is 1.48 bits per heavy atom. The summed E-state index contributed by atoms with van der Waals surface area (Å²) in [6, 6.07) is 7.04. The van der Waals surface area contributed by atoms with Crippen molar-refractivity contribution in [3.8, 4) is 11.5 Å². The molecule has 4 nitrogen and oxygen atoms in total. The molecule has 2 N–H and O–H groups in total. The van der Waals surface area contributed by atoms with Gasteiger partial charge in [0, 0.05) is 19.4 Å². The fraction of sp³-hybridized carbons (Fsp3) is 0.562. The largest absolute Gasteiger partial charge is 0.616 e. The van der Waals surface area contributed by atoms with Crippen LogP contribution in [0, 0.1) is 11.6 Å². The van der Waals surface area contributed by atoms with Gasteiger partial charge in [0.25, 0.3) is 0 Å². The third-order valence-corrected chi connectivity index (χ3v) is 9.42. The molecule has 0 saturated carbocycles. The van der Waals surface area contributed by atoms with Gasteiger partial charge in [-0.2, -0.15) is 22.0 Å². The number of fused-ring (bicyclic) bond motifs is 1. The average Bonchev–Trinajstić information content (AvgIpc) is 3.10. The Labute approximate surface area is 257 Å². The number of hydrogen-bond acceptors (Lipinski definition) is 4. The fourth-order valence-electron chi connectivity index (χ4n) is 5.51. The van der Waals surface area contributed by atoms with Crippen molar-refractivity contribution in [2.24, 2.45) is 0 Å². The van der Waals surface area contributed by atoms with Gasteiger partial charge in [0.2, 0.25) is 0 Å². The summed E-state index contributed by atoms with van der Waals surface area (Å²) in [6.45, 7) is 1.40. The van der Waals surface area contributed by atoms with Gasteiger partial charge in [-0.1, -0.05) is 30.1 Å². The number of phenolic OH excluding ortho intramolecular Hbond substituents is 2. The lowest BCUT2D eigenvalue weighted by atomic mass is 9.88. The Bertz CT molecular complexity index is 1270. The minimum atomic E-state index is -5.59. The third kappa shape index (κ3) is 10.3. The molecule has 2 aromatic carbocycles. The van der Waals surface area contributed by atoms with E-state index in [1.54, 1.807) is 6.07 Å². The number of unbranched alkanes of at least 4 members (excludes halogenated alkanes) is 3. The summed E-state index contributed by atoms with van der Waals surface area (Å²) in [5.41, 5.74) is 4.11. The van der Waals surface area contributed by atoms with E-state index in [1.165, 1.54) is 24.3 Å². The van der Waals surface area contributed by atoms with E-state index in [4.69, 9.17) is 0 Å². The van der Waals surface area contributed by atoms with Crippen LogP contribution in [-0.2, 0) is 17.6 Å². The second-order valence-electron chi connectivity index (χ2n) is 11.4. The highest BCUT2D eigenvalue weighted by atomic mass is 32.2. The molecule has 2 aromatic rings. The van der Waals surface area contributed by atoms with Gasteiger partial charge in [-0.05, 0) is 111 Å². The number of rotatable bonds is 16. The number of benzene rings is 2. The number of halogens is 7. The molecule has 0 heterocycles. The van der Waals surface area contributed by atoms with Crippen LogP contribution in [0.1, 0.15) is 80.9 Å². The molecule has 0 aliphatic heterocycles. The number of hydrogen-bond donors (Lipinski definition) is 2. The zero-order valence-electron chi connectivity index (χ0n) is 24.8. The van der Waals surface area contributed by atoms with Crippen LogP contribution in [0.4, 0.5) is 30.7 Å². The highest BCUT2D eigenvalue weighted by Crippen LogP contribution is 2.41. The third-order valence-electron chi connectivity index (χ3n) is 7.94. The van der Waals surface area contributed by atoms with Crippen molar-refractivity contribution < 1.29 is 45.5 Å². The molecule has 1 aliphatic carbocycles. The summed E-state index contributed by atoms with van der Waals surface area (Å²) in [4.78, 5) is 2.06. The number of aryl methyl sites for hydroxylation is 1. The normalized spacial score (nSPS) is 15.0. The number of aromatic hydroxyl groups is 2. The highest BCUT2D eigenvalue weighted by Gasteiger charge is 2.56. The van der Waals surface area contributed by atoms with Crippen LogP contribution in [0.2, 0.25) is 0 Å². The Hall–Kier alpha value is -2.44. The van der Waals surface area contributed by atoms with Gasteiger partial charge >= 0.3 is 12.1 Å². The number of alkyl halides is 5. The molecule has 0 fully saturated rings. The monoisotopic (exact) mass is 651 g/mol. The van der Waals surface area contributed by atoms with Gasteiger partial charge < -0.3 is 19.7 Å². The first-order valence-electron chi connectivity index (χ1n) is 14.9. The number of allylic oxidation sites excluding steroid dienone is 2. The molecular formula is C32H40F7NO3S. The molecular weight excluding hydrogens is 611 g/mol. The SMILES string of the molecule is CN(CCCCCCC1=C(c2ccc(F)c(O)c2)CCCc2cc(O)c(F)cc21)CCC[S+]([O-])CCCC(F)(F)C(F)(F)F. The molecule has 1 unspecified atom stereocenters. The average molecular weight is 652 g/mol. The Morgan fingerprint density at radius 3 is 2.18 bits per heavy atom. The molecule has 246 valence electrons. The van der Waals surface area contributed by atoms with Gasteiger partial charge in [-0.15, -0.1) is 0 Å². The van der Waals surface area contributed by atoms with Crippen molar-refractivity contribution in [2.45, 2.75) is 82.7 Å². The Morgan fingerprint density at radius 1 is 0.818 bits per heavy atom. The second kappa shape index (κ2) is 16.2. The molecule has 0 aromatic heterocycles. The summed E-state index contributed by atoms with van der Waals surface area (Å²) in [5.74, 6) is -6.97. The molecule has 44 heavy (non-hydrogen) atoms. The summed E-state index contributed by atoms with van der Waals surface area (Å²) in [6.07, 6.45) is -0.645. The van der Waals surface area contributed by atoms with Crippen LogP contribution in [0.25, 0.3) is 11.1 Å². The van der Waals surface area contributed by atoms with Crippen molar-refractivity contribution in [1.82, 2.24) is 4.90 Å². The van der Waals surface area contributed by atoms with E-state index >= 15 is 0 Å². The molecule has 12 heteroatoms. The van der Waals surface area contributed by atoms with E-state index in [0.717, 1.165) is 60.9 Å². The lowest BCUT2D eigenvalue weighted by molar-refractivity contribution is -0.284. The zero-order chi connectivity index (χ0) is 32.5. The van der Waals surface area contributed by atoms with Crippen molar-refractivity contribution >= 4 is 22.3 Å². The van der Waals surface area contributed by atoms with Gasteiger partial charge in [-0.25, -0.2) is 8.78 Å². The van der Waals surface area contributed by atoms with Crippen molar-refractivity contribution in [3.05, 3.63) is 58.7 Å². The Balaban J connectivity index is 1.46. The molecule has 0 saturated heterocycles. The quantitative estimate of drug-likeness (QED) is 0.108. The van der Waals surface area contributed by atoms with Crippen LogP contribution in [-0.4, -0.2) is 63.4 Å². The maximum absolute atomic E-state index is 14.4. The van der Waals surface area contributed by atoms with Crippen LogP contribution in [0.15, 0.2) is 30.3 Å². The summed E-state index contributed by atoms with van der Waals surface area (Å²) < 4.78 is 103. The molecule has 0 bridgehead atoms. The molecule has 3 rings (SSSR count). The van der Waals surface area contributed by atoms with Crippen LogP contribution < -0.4 is 0 Å². The van der Waals surface area contributed by atoms with E-state index in [9.17, 15) is 45.5 Å². The van der Waals surface area contributed by atoms with Crippen molar-refractivity contribution in [2.75, 3.05) is 31.6 Å². The van der Waals surface area contributed by atoms with Crippen LogP contribution in [0.5, 0.6) is 11.5 Å². The van der Waals surface area contributed by atoms with E-state index in [2.05, 4.69) is 4.90 Å². The molecule has 0 radical (unpaired) electrons. The van der Waals surface area contributed by atoms with Gasteiger partial charge in [0.1, 0.15) is 11.5 Å². The summed E-state index contributed by atoms with van der Waals surface area (Å²) in [5, 5.41) is 19.9. The number of nitrogens with zero attached hydrogens (tertiary/aromatic N) is 1. The number of phenols is 2. The molecule has 1 aliphatic rings. The maximum atomic E-state index is 14.4. The minimum Gasteiger partial charge on any atom is -0.616 e. The van der Waals surface area contributed by atoms with Gasteiger partial charge in [0.05, 0.1) is 0 Å². The predicted octanol–water partition coefficient (Wildman–Crippen LogP) is 8.62. The maximum Gasteiger partial charge on any atom is 0.453 e. The standard InChI is InChI=1S/C32H40F7NO3S/c1-40(16-8-18-44(43)17-7-14-31(35,36)32(37,38)39)15-5-3-2-4-10-25-24(23-12-13-27(33)29(41)20-23)11-6-9-22-19-30(42)28(34)21-26(22)25/h12-13,19-21,41-42H,2-11,14-18H2,1H3. The Kier molecular flexibility index (Phi) is 13.3. The smallest absolute Gasteiger partial charge is 0.453 e. The topological polar surface area (TPSA) is 66.8 Å². The first-order valence-corrected chi connectivity index (χ1v) is 16.4. The van der Waals surface area contributed by atoms with Crippen molar-refractivity contribution in [1.29, 1.82) is 0 Å². The minimum absolute atomic E-state index is 0.186. The zero-order valence-corrected chi connectivity index (χ0v) is 25.6. The lowest BCUT2D eigenvalue weighted by Gasteiger charge is -2.20. The summed E-state index contributed by atoms with van der Waals surface area (Å²) in [7, 11) is 1.91.